The average molecular weight is 358 g/mol. The highest BCUT2D eigenvalue weighted by molar-refractivity contribution is 6.35. The highest BCUT2D eigenvalue weighted by Crippen LogP contribution is 2.28. The summed E-state index contributed by atoms with van der Waals surface area (Å²) in [5.41, 5.74) is 1.73. The van der Waals surface area contributed by atoms with E-state index >= 15 is 0 Å². The number of ether oxygens (including phenoxy) is 1. The van der Waals surface area contributed by atoms with Crippen LogP contribution in [0.4, 0.5) is 0 Å². The van der Waals surface area contributed by atoms with Gasteiger partial charge in [0.05, 0.1) is 6.54 Å². The molecule has 1 aliphatic rings. The molecule has 0 heterocycles. The molecular formula is C21H30N2O3. The molecule has 2 rings (SSSR count). The first-order chi connectivity index (χ1) is 12.6. The van der Waals surface area contributed by atoms with E-state index in [-0.39, 0.29) is 6.54 Å². The number of amides is 2. The van der Waals surface area contributed by atoms with E-state index in [0.29, 0.717) is 13.0 Å². The summed E-state index contributed by atoms with van der Waals surface area (Å²) >= 11 is 0. The minimum absolute atomic E-state index is 0.251. The van der Waals surface area contributed by atoms with Gasteiger partial charge in [0.1, 0.15) is 5.60 Å². The Balaban J connectivity index is 1.83. The van der Waals surface area contributed by atoms with Gasteiger partial charge in [0.2, 0.25) is 0 Å². The third-order valence-electron chi connectivity index (χ3n) is 5.12. The fourth-order valence-corrected chi connectivity index (χ4v) is 3.36. The molecule has 1 aromatic rings. The summed E-state index contributed by atoms with van der Waals surface area (Å²) in [4.78, 5) is 24.2. The summed E-state index contributed by atoms with van der Waals surface area (Å²) in [5, 5.41) is 5.43. The monoisotopic (exact) mass is 358 g/mol. The molecule has 0 saturated heterocycles. The predicted molar refractivity (Wildman–Crippen MR) is 103 cm³/mol. The number of allylic oxidation sites excluding steroid dienone is 1. The van der Waals surface area contributed by atoms with E-state index in [1.165, 1.54) is 18.4 Å². The van der Waals surface area contributed by atoms with E-state index in [0.717, 1.165) is 24.8 Å². The summed E-state index contributed by atoms with van der Waals surface area (Å²) < 4.78 is 5.71. The van der Waals surface area contributed by atoms with Gasteiger partial charge in [0.15, 0.2) is 0 Å². The second kappa shape index (κ2) is 10.1. The number of hydrogen-bond donors (Lipinski definition) is 2. The first kappa shape index (κ1) is 20.2. The van der Waals surface area contributed by atoms with Gasteiger partial charge < -0.3 is 15.4 Å². The molecule has 5 nitrogen and oxygen atoms in total. The Morgan fingerprint density at radius 3 is 2.46 bits per heavy atom. The van der Waals surface area contributed by atoms with E-state index in [1.54, 1.807) is 7.11 Å². The third kappa shape index (κ3) is 5.43. The minimum atomic E-state index is -0.635. The lowest BCUT2D eigenvalue weighted by molar-refractivity contribution is -0.140. The van der Waals surface area contributed by atoms with E-state index in [9.17, 15) is 9.59 Å². The topological polar surface area (TPSA) is 67.4 Å². The molecule has 0 saturated carbocycles. The molecule has 1 aromatic carbocycles. The Kier molecular flexibility index (Phi) is 7.85. The zero-order chi connectivity index (χ0) is 18.8. The van der Waals surface area contributed by atoms with Crippen molar-refractivity contribution in [3.8, 4) is 0 Å². The van der Waals surface area contributed by atoms with Crippen molar-refractivity contribution in [1.82, 2.24) is 10.6 Å². The second-order valence-electron chi connectivity index (χ2n) is 6.71. The summed E-state index contributed by atoms with van der Waals surface area (Å²) in [6.45, 7) is 2.75. The number of carbonyl (C=O) groups is 2. The Morgan fingerprint density at radius 2 is 1.85 bits per heavy atom. The van der Waals surface area contributed by atoms with Crippen LogP contribution in [-0.2, 0) is 19.9 Å². The third-order valence-corrected chi connectivity index (χ3v) is 5.12. The van der Waals surface area contributed by atoms with Crippen molar-refractivity contribution in [1.29, 1.82) is 0 Å². The van der Waals surface area contributed by atoms with E-state index in [2.05, 4.69) is 16.7 Å². The number of methoxy groups -OCH3 is 1. The standard InChI is InChI=1S/C21H30N2O3/c1-3-21(26-2,18-12-8-5-9-13-18)16-23-20(25)19(24)22-15-14-17-10-6-4-7-11-17/h5,8-10,12-13H,3-4,6-7,11,14-16H2,1-2H3,(H,22,24)(H,23,25). The fraction of sp³-hybridized carbons (Fsp3) is 0.524. The average Bonchev–Trinajstić information content (AvgIpc) is 2.70. The van der Waals surface area contributed by atoms with Gasteiger partial charge in [-0.1, -0.05) is 48.9 Å². The zero-order valence-electron chi connectivity index (χ0n) is 15.8. The Morgan fingerprint density at radius 1 is 1.12 bits per heavy atom. The zero-order valence-corrected chi connectivity index (χ0v) is 15.8. The molecule has 1 aliphatic carbocycles. The van der Waals surface area contributed by atoms with Gasteiger partial charge >= 0.3 is 11.8 Å². The smallest absolute Gasteiger partial charge is 0.309 e. The van der Waals surface area contributed by atoms with Crippen molar-refractivity contribution in [2.45, 2.75) is 51.0 Å². The molecule has 0 radical (unpaired) electrons. The molecular weight excluding hydrogens is 328 g/mol. The summed E-state index contributed by atoms with van der Waals surface area (Å²) in [7, 11) is 1.63. The van der Waals surface area contributed by atoms with Crippen LogP contribution in [-0.4, -0.2) is 32.0 Å². The molecule has 142 valence electrons. The van der Waals surface area contributed by atoms with Gasteiger partial charge in [0, 0.05) is 13.7 Å². The molecule has 5 heteroatoms. The lowest BCUT2D eigenvalue weighted by Crippen LogP contribution is -2.47. The van der Waals surface area contributed by atoms with Crippen LogP contribution >= 0.6 is 0 Å². The number of carbonyl (C=O) groups excluding carboxylic acids is 2. The van der Waals surface area contributed by atoms with Crippen molar-refractivity contribution < 1.29 is 14.3 Å². The van der Waals surface area contributed by atoms with Gasteiger partial charge in [-0.15, -0.1) is 0 Å². The van der Waals surface area contributed by atoms with Gasteiger partial charge in [-0.25, -0.2) is 0 Å². The van der Waals surface area contributed by atoms with Gasteiger partial charge in [-0.2, -0.15) is 0 Å². The molecule has 26 heavy (non-hydrogen) atoms. The number of nitrogens with one attached hydrogen (secondary N) is 2. The van der Waals surface area contributed by atoms with Gasteiger partial charge in [-0.3, -0.25) is 9.59 Å². The molecule has 2 amide bonds. The lowest BCUT2D eigenvalue weighted by Gasteiger charge is -2.32. The Hall–Kier alpha value is -2.14. The Bertz CT molecular complexity index is 621. The van der Waals surface area contributed by atoms with Crippen LogP contribution < -0.4 is 10.6 Å². The molecule has 0 spiro atoms. The molecule has 0 aliphatic heterocycles. The van der Waals surface area contributed by atoms with Crippen LogP contribution in [0.15, 0.2) is 42.0 Å². The van der Waals surface area contributed by atoms with Crippen LogP contribution in [0.1, 0.15) is 51.0 Å². The maximum Gasteiger partial charge on any atom is 0.309 e. The summed E-state index contributed by atoms with van der Waals surface area (Å²) in [6.07, 6.45) is 8.45. The summed E-state index contributed by atoms with van der Waals surface area (Å²) in [5.74, 6) is -1.20. The van der Waals surface area contributed by atoms with Crippen molar-refractivity contribution in [3.63, 3.8) is 0 Å². The maximum absolute atomic E-state index is 12.1. The molecule has 0 aromatic heterocycles. The molecule has 0 fully saturated rings. The van der Waals surface area contributed by atoms with Gasteiger partial charge in [-0.05, 0) is 44.1 Å². The fourth-order valence-electron chi connectivity index (χ4n) is 3.36. The van der Waals surface area contributed by atoms with Crippen molar-refractivity contribution >= 4 is 11.8 Å². The predicted octanol–water partition coefficient (Wildman–Crippen LogP) is 3.06. The molecule has 1 unspecified atom stereocenters. The molecule has 1 atom stereocenters. The van der Waals surface area contributed by atoms with E-state index in [4.69, 9.17) is 4.74 Å². The highest BCUT2D eigenvalue weighted by Gasteiger charge is 2.31. The van der Waals surface area contributed by atoms with Crippen molar-refractivity contribution in [3.05, 3.63) is 47.5 Å². The normalized spacial score (nSPS) is 16.3. The number of benzene rings is 1. The number of rotatable bonds is 8. The highest BCUT2D eigenvalue weighted by atomic mass is 16.5. The number of hydrogen-bond acceptors (Lipinski definition) is 3. The molecule has 0 bridgehead atoms. The van der Waals surface area contributed by atoms with Crippen LogP contribution in [0.5, 0.6) is 0 Å². The van der Waals surface area contributed by atoms with E-state index < -0.39 is 17.4 Å². The lowest BCUT2D eigenvalue weighted by atomic mass is 9.90. The van der Waals surface area contributed by atoms with Crippen LogP contribution in [0.2, 0.25) is 0 Å². The van der Waals surface area contributed by atoms with E-state index in [1.807, 2.05) is 37.3 Å². The first-order valence-corrected chi connectivity index (χ1v) is 9.46. The van der Waals surface area contributed by atoms with Crippen LogP contribution in [0.3, 0.4) is 0 Å². The quantitative estimate of drug-likeness (QED) is 0.554. The second-order valence-corrected chi connectivity index (χ2v) is 6.71. The van der Waals surface area contributed by atoms with Crippen LogP contribution in [0, 0.1) is 0 Å². The summed E-state index contributed by atoms with van der Waals surface area (Å²) in [6, 6.07) is 9.75. The first-order valence-electron chi connectivity index (χ1n) is 9.46. The van der Waals surface area contributed by atoms with Crippen LogP contribution in [0.25, 0.3) is 0 Å². The Labute approximate surface area is 156 Å². The minimum Gasteiger partial charge on any atom is -0.372 e. The van der Waals surface area contributed by atoms with Gasteiger partial charge in [0.25, 0.3) is 0 Å². The van der Waals surface area contributed by atoms with Crippen molar-refractivity contribution in [2.75, 3.05) is 20.2 Å². The maximum atomic E-state index is 12.1. The largest absolute Gasteiger partial charge is 0.372 e. The van der Waals surface area contributed by atoms with Crippen molar-refractivity contribution in [2.24, 2.45) is 0 Å². The SMILES string of the molecule is CCC(CNC(=O)C(=O)NCCC1=CCCCC1)(OC)c1ccccc1. The molecule has 2 N–H and O–H groups in total.